The van der Waals surface area contributed by atoms with Gasteiger partial charge in [0.1, 0.15) is 11.9 Å². The number of allylic oxidation sites excluding steroid dienone is 6. The molecule has 0 radical (unpaired) electrons. The topological polar surface area (TPSA) is 92.7 Å². The predicted molar refractivity (Wildman–Crippen MR) is 135 cm³/mol. The van der Waals surface area contributed by atoms with E-state index in [1.54, 1.807) is 12.2 Å². The van der Waals surface area contributed by atoms with Crippen LogP contribution in [0.1, 0.15) is 50.6 Å². The summed E-state index contributed by atoms with van der Waals surface area (Å²) in [7, 11) is 1.48. The SMILES string of the molecule is CO[C@H]1C[C@@H]2C=C(C)C=CC=CC(=O)N[C@H](c3ccccc3)CC=CCCC(O)CC(=O)C2C1=O. The minimum absolute atomic E-state index is 0.0503. The number of hydrogen-bond donors (Lipinski definition) is 2. The van der Waals surface area contributed by atoms with E-state index in [1.165, 1.54) is 13.2 Å². The maximum Gasteiger partial charge on any atom is 0.244 e. The van der Waals surface area contributed by atoms with Crippen LogP contribution >= 0.6 is 0 Å². The number of carbonyl (C=O) groups is 3. The summed E-state index contributed by atoms with van der Waals surface area (Å²) in [6.07, 6.45) is 13.2. The number of amides is 1. The Balaban J connectivity index is 1.82. The summed E-state index contributed by atoms with van der Waals surface area (Å²) in [6.45, 7) is 1.89. The smallest absolute Gasteiger partial charge is 0.244 e. The standard InChI is InChI=1S/C29H35NO5/c1-20-11-9-10-16-27(33)30-24(21-12-5-3-6-13-21)15-8-4-7-14-23(31)19-25(32)28-22(17-20)18-26(35-2)29(28)34/h3-6,8-13,16-17,22-24,26,28,31H,7,14-15,18-19H2,1-2H3,(H,30,33)/t22-,23?,24-,26-,28?/m0/s1. The summed E-state index contributed by atoms with van der Waals surface area (Å²) in [6, 6.07) is 9.60. The number of Topliss-reactive ketones (excluding diaryl/α,β-unsaturated/α-hetero) is 2. The number of ketones is 2. The van der Waals surface area contributed by atoms with E-state index in [1.807, 2.05) is 61.6 Å². The van der Waals surface area contributed by atoms with Crippen molar-refractivity contribution in [1.29, 1.82) is 0 Å². The quantitative estimate of drug-likeness (QED) is 0.492. The molecule has 1 aromatic carbocycles. The normalized spacial score (nSPS) is 29.1. The van der Waals surface area contributed by atoms with E-state index in [0.717, 1.165) is 11.1 Å². The average molecular weight is 478 g/mol. The van der Waals surface area contributed by atoms with Gasteiger partial charge < -0.3 is 15.2 Å². The number of benzene rings is 1. The lowest BCUT2D eigenvalue weighted by Gasteiger charge is -2.17. The van der Waals surface area contributed by atoms with Gasteiger partial charge in [-0.3, -0.25) is 14.4 Å². The molecule has 1 heterocycles. The monoisotopic (exact) mass is 477 g/mol. The van der Waals surface area contributed by atoms with Crippen LogP contribution in [0.5, 0.6) is 0 Å². The highest BCUT2D eigenvalue weighted by atomic mass is 16.5. The lowest BCUT2D eigenvalue weighted by atomic mass is 9.87. The van der Waals surface area contributed by atoms with E-state index in [9.17, 15) is 19.5 Å². The number of aliphatic hydroxyl groups is 1. The Bertz CT molecular complexity index is 1010. The van der Waals surface area contributed by atoms with Crippen LogP contribution in [0.15, 0.2) is 78.4 Å². The molecule has 6 heteroatoms. The zero-order chi connectivity index (χ0) is 25.2. The van der Waals surface area contributed by atoms with Gasteiger partial charge in [0.15, 0.2) is 5.78 Å². The molecule has 3 rings (SSSR count). The van der Waals surface area contributed by atoms with Gasteiger partial charge in [-0.1, -0.05) is 72.4 Å². The molecular formula is C29H35NO5. The fourth-order valence-electron chi connectivity index (χ4n) is 4.71. The van der Waals surface area contributed by atoms with Crippen LogP contribution in [0, 0.1) is 11.8 Å². The Labute approximate surface area is 207 Å². The third kappa shape index (κ3) is 7.70. The highest BCUT2D eigenvalue weighted by Crippen LogP contribution is 2.34. The molecule has 0 bridgehead atoms. The summed E-state index contributed by atoms with van der Waals surface area (Å²) >= 11 is 0. The van der Waals surface area contributed by atoms with Crippen LogP contribution < -0.4 is 5.32 Å². The summed E-state index contributed by atoms with van der Waals surface area (Å²) in [5, 5.41) is 13.5. The van der Waals surface area contributed by atoms with Gasteiger partial charge in [0.25, 0.3) is 0 Å². The molecule has 2 aliphatic rings. The van der Waals surface area contributed by atoms with Gasteiger partial charge in [-0.05, 0) is 44.1 Å². The molecule has 186 valence electrons. The van der Waals surface area contributed by atoms with E-state index in [0.29, 0.717) is 25.7 Å². The molecule has 1 saturated carbocycles. The van der Waals surface area contributed by atoms with Crippen LogP contribution in [0.25, 0.3) is 0 Å². The number of rotatable bonds is 2. The molecule has 0 spiro atoms. The molecule has 2 N–H and O–H groups in total. The molecule has 35 heavy (non-hydrogen) atoms. The summed E-state index contributed by atoms with van der Waals surface area (Å²) in [5.41, 5.74) is 1.89. The lowest BCUT2D eigenvalue weighted by molar-refractivity contribution is -0.136. The number of hydrogen-bond acceptors (Lipinski definition) is 5. The minimum atomic E-state index is -0.817. The van der Waals surface area contributed by atoms with Crippen LogP contribution in [0.4, 0.5) is 0 Å². The molecule has 1 aliphatic carbocycles. The van der Waals surface area contributed by atoms with E-state index >= 15 is 0 Å². The van der Waals surface area contributed by atoms with Crippen molar-refractivity contribution in [2.45, 2.75) is 57.3 Å². The van der Waals surface area contributed by atoms with E-state index in [4.69, 9.17) is 4.74 Å². The van der Waals surface area contributed by atoms with Crippen molar-refractivity contribution in [3.63, 3.8) is 0 Å². The van der Waals surface area contributed by atoms with E-state index in [-0.39, 0.29) is 35.9 Å². The zero-order valence-electron chi connectivity index (χ0n) is 20.4. The van der Waals surface area contributed by atoms with Crippen molar-refractivity contribution in [1.82, 2.24) is 5.32 Å². The predicted octanol–water partition coefficient (Wildman–Crippen LogP) is 4.18. The number of ether oxygens (including phenoxy) is 1. The minimum Gasteiger partial charge on any atom is -0.393 e. The Morgan fingerprint density at radius 2 is 1.77 bits per heavy atom. The fraction of sp³-hybridized carbons (Fsp3) is 0.414. The van der Waals surface area contributed by atoms with Crippen LogP contribution in [-0.4, -0.2) is 41.9 Å². The van der Waals surface area contributed by atoms with E-state index in [2.05, 4.69) is 5.32 Å². The Kier molecular flexibility index (Phi) is 9.94. The number of nitrogens with one attached hydrogen (secondary N) is 1. The maximum atomic E-state index is 13.0. The van der Waals surface area contributed by atoms with Crippen molar-refractivity contribution in [3.05, 3.63) is 84.0 Å². The first-order chi connectivity index (χ1) is 16.9. The lowest BCUT2D eigenvalue weighted by Crippen LogP contribution is -2.30. The van der Waals surface area contributed by atoms with Crippen LogP contribution in [0.2, 0.25) is 0 Å². The van der Waals surface area contributed by atoms with Gasteiger partial charge in [-0.15, -0.1) is 0 Å². The third-order valence-electron chi connectivity index (χ3n) is 6.52. The van der Waals surface area contributed by atoms with Crippen molar-refractivity contribution in [3.8, 4) is 0 Å². The third-order valence-corrected chi connectivity index (χ3v) is 6.52. The average Bonchev–Trinajstić information content (AvgIpc) is 3.15. The largest absolute Gasteiger partial charge is 0.393 e. The molecule has 1 aromatic rings. The van der Waals surface area contributed by atoms with Crippen molar-refractivity contribution < 1.29 is 24.2 Å². The second-order valence-electron chi connectivity index (χ2n) is 9.21. The van der Waals surface area contributed by atoms with Crippen molar-refractivity contribution in [2.24, 2.45) is 11.8 Å². The van der Waals surface area contributed by atoms with Gasteiger partial charge in [0.2, 0.25) is 5.91 Å². The first-order valence-electron chi connectivity index (χ1n) is 12.2. The number of fused-ring (bicyclic) bond motifs is 1. The molecule has 0 aromatic heterocycles. The van der Waals surface area contributed by atoms with Crippen LogP contribution in [0.3, 0.4) is 0 Å². The molecule has 1 aliphatic heterocycles. The zero-order valence-corrected chi connectivity index (χ0v) is 20.4. The number of carbonyl (C=O) groups excluding carboxylic acids is 3. The second-order valence-corrected chi connectivity index (χ2v) is 9.21. The van der Waals surface area contributed by atoms with Gasteiger partial charge in [-0.2, -0.15) is 0 Å². The highest BCUT2D eigenvalue weighted by molar-refractivity contribution is 6.06. The summed E-state index contributed by atoms with van der Waals surface area (Å²) in [5.74, 6) is -1.72. The maximum absolute atomic E-state index is 13.0. The first-order valence-corrected chi connectivity index (χ1v) is 12.2. The molecule has 0 saturated heterocycles. The van der Waals surface area contributed by atoms with Gasteiger partial charge in [-0.25, -0.2) is 0 Å². The Hall–Kier alpha value is -3.09. The highest BCUT2D eigenvalue weighted by Gasteiger charge is 2.45. The summed E-state index contributed by atoms with van der Waals surface area (Å²) in [4.78, 5) is 38.3. The Morgan fingerprint density at radius 3 is 2.51 bits per heavy atom. The molecule has 1 fully saturated rings. The van der Waals surface area contributed by atoms with Gasteiger partial charge in [0.05, 0.1) is 18.1 Å². The van der Waals surface area contributed by atoms with Crippen molar-refractivity contribution in [2.75, 3.05) is 7.11 Å². The molecule has 2 unspecified atom stereocenters. The fourth-order valence-corrected chi connectivity index (χ4v) is 4.71. The summed E-state index contributed by atoms with van der Waals surface area (Å²) < 4.78 is 5.31. The Morgan fingerprint density at radius 1 is 1.03 bits per heavy atom. The van der Waals surface area contributed by atoms with Crippen molar-refractivity contribution >= 4 is 17.5 Å². The number of methoxy groups -OCH3 is 1. The van der Waals surface area contributed by atoms with E-state index < -0.39 is 18.1 Å². The van der Waals surface area contributed by atoms with Gasteiger partial charge in [0, 0.05) is 19.6 Å². The number of aliphatic hydroxyl groups excluding tert-OH is 1. The molecule has 1 amide bonds. The first kappa shape index (κ1) is 26.5. The second kappa shape index (κ2) is 13.1. The molecule has 5 atom stereocenters. The van der Waals surface area contributed by atoms with Crippen LogP contribution in [-0.2, 0) is 19.1 Å². The van der Waals surface area contributed by atoms with Gasteiger partial charge >= 0.3 is 0 Å². The molecule has 6 nitrogen and oxygen atoms in total. The molecular weight excluding hydrogens is 442 g/mol.